The smallest absolute Gasteiger partial charge is 0.277 e. The first-order valence-corrected chi connectivity index (χ1v) is 9.88. The lowest BCUT2D eigenvalue weighted by atomic mass is 9.86. The lowest BCUT2D eigenvalue weighted by molar-refractivity contribution is 0.0993. The number of hydrogen-bond donors (Lipinski definition) is 0. The maximum absolute atomic E-state index is 12.7. The molecule has 0 radical (unpaired) electrons. The van der Waals surface area contributed by atoms with Crippen molar-refractivity contribution >= 4 is 17.5 Å². The molecule has 0 bridgehead atoms. The summed E-state index contributed by atoms with van der Waals surface area (Å²) in [4.78, 5) is 12.7. The van der Waals surface area contributed by atoms with Crippen LogP contribution < -0.4 is 0 Å². The number of hydrogen-bond acceptors (Lipinski definition) is 5. The van der Waals surface area contributed by atoms with Gasteiger partial charge in [0.05, 0.1) is 11.7 Å². The van der Waals surface area contributed by atoms with E-state index in [0.717, 1.165) is 5.56 Å². The van der Waals surface area contributed by atoms with Crippen molar-refractivity contribution in [3.63, 3.8) is 0 Å². The van der Waals surface area contributed by atoms with Crippen molar-refractivity contribution < 1.29 is 9.21 Å². The third-order valence-electron chi connectivity index (χ3n) is 4.33. The Balaban J connectivity index is 1.63. The van der Waals surface area contributed by atoms with E-state index in [0.29, 0.717) is 23.1 Å². The van der Waals surface area contributed by atoms with Crippen LogP contribution in [0.25, 0.3) is 0 Å². The minimum absolute atomic E-state index is 0.0586. The van der Waals surface area contributed by atoms with E-state index in [-0.39, 0.29) is 16.4 Å². The Morgan fingerprint density at radius 1 is 1.04 bits per heavy atom. The zero-order valence-corrected chi connectivity index (χ0v) is 16.9. The zero-order chi connectivity index (χ0) is 19.4. The van der Waals surface area contributed by atoms with Crippen LogP contribution in [0.4, 0.5) is 0 Å². The van der Waals surface area contributed by atoms with Crippen molar-refractivity contribution in [3.8, 4) is 0 Å². The Morgan fingerprint density at radius 3 is 2.33 bits per heavy atom. The Kier molecular flexibility index (Phi) is 5.80. The molecule has 3 aromatic rings. The third-order valence-corrected chi connectivity index (χ3v) is 5.26. The van der Waals surface area contributed by atoms with E-state index in [1.165, 1.54) is 17.3 Å². The molecular formula is C22H24N2O2S. The zero-order valence-electron chi connectivity index (χ0n) is 16.1. The van der Waals surface area contributed by atoms with Crippen molar-refractivity contribution in [2.24, 2.45) is 0 Å². The molecule has 4 nitrogen and oxygen atoms in total. The normalized spacial score (nSPS) is 12.7. The van der Waals surface area contributed by atoms with Crippen LogP contribution in [0.5, 0.6) is 0 Å². The van der Waals surface area contributed by atoms with Gasteiger partial charge >= 0.3 is 0 Å². The highest BCUT2D eigenvalue weighted by Crippen LogP contribution is 2.27. The average Bonchev–Trinajstić information content (AvgIpc) is 3.08. The van der Waals surface area contributed by atoms with Crippen LogP contribution in [0.2, 0.25) is 0 Å². The van der Waals surface area contributed by atoms with E-state index >= 15 is 0 Å². The summed E-state index contributed by atoms with van der Waals surface area (Å²) < 4.78 is 5.70. The van der Waals surface area contributed by atoms with Crippen molar-refractivity contribution in [1.29, 1.82) is 0 Å². The predicted molar refractivity (Wildman–Crippen MR) is 108 cm³/mol. The summed E-state index contributed by atoms with van der Waals surface area (Å²) in [5, 5.41) is 8.28. The lowest BCUT2D eigenvalue weighted by Gasteiger charge is -2.19. The van der Waals surface area contributed by atoms with E-state index in [4.69, 9.17) is 4.42 Å². The second-order valence-electron chi connectivity index (χ2n) is 7.58. The first-order valence-electron chi connectivity index (χ1n) is 9.00. The summed E-state index contributed by atoms with van der Waals surface area (Å²) in [6.07, 6.45) is 0.588. The van der Waals surface area contributed by atoms with Gasteiger partial charge in [-0.25, -0.2) is 0 Å². The molecule has 0 fully saturated rings. The quantitative estimate of drug-likeness (QED) is 0.428. The number of benzene rings is 2. The molecule has 3 rings (SSSR count). The number of aromatic nitrogens is 2. The van der Waals surface area contributed by atoms with Gasteiger partial charge in [-0.3, -0.25) is 4.79 Å². The van der Waals surface area contributed by atoms with Gasteiger partial charge < -0.3 is 4.42 Å². The summed E-state index contributed by atoms with van der Waals surface area (Å²) in [7, 11) is 0. The molecule has 1 aromatic heterocycles. The number of carbonyl (C=O) groups is 1. The van der Waals surface area contributed by atoms with Gasteiger partial charge in [0.25, 0.3) is 5.22 Å². The molecule has 0 aliphatic carbocycles. The summed E-state index contributed by atoms with van der Waals surface area (Å²) in [5.74, 6) is 0.612. The molecule has 0 aliphatic heterocycles. The second-order valence-corrected chi connectivity index (χ2v) is 8.87. The van der Waals surface area contributed by atoms with Crippen molar-refractivity contribution in [2.75, 3.05) is 0 Å². The van der Waals surface area contributed by atoms with Gasteiger partial charge in [0.2, 0.25) is 5.89 Å². The Bertz CT molecular complexity index is 896. The van der Waals surface area contributed by atoms with Gasteiger partial charge in [-0.15, -0.1) is 10.2 Å². The topological polar surface area (TPSA) is 56.0 Å². The van der Waals surface area contributed by atoms with Gasteiger partial charge in [-0.05, 0) is 23.5 Å². The fraction of sp³-hybridized carbons (Fsp3) is 0.318. The predicted octanol–water partition coefficient (Wildman–Crippen LogP) is 5.32. The molecule has 0 saturated carbocycles. The standard InChI is InChI=1S/C22H24N2O2S/c1-15(20(25)17-10-12-18(13-11-17)22(2,3)4)27-21-24-23-19(26-21)14-16-8-6-5-7-9-16/h5-13,15H,14H2,1-4H3. The van der Waals surface area contributed by atoms with E-state index < -0.39 is 0 Å². The molecule has 5 heteroatoms. The van der Waals surface area contributed by atoms with Crippen LogP contribution in [-0.2, 0) is 11.8 Å². The highest BCUT2D eigenvalue weighted by Gasteiger charge is 2.21. The molecular weight excluding hydrogens is 356 g/mol. The maximum Gasteiger partial charge on any atom is 0.277 e. The molecule has 1 heterocycles. The SMILES string of the molecule is CC(Sc1nnc(Cc2ccccc2)o1)C(=O)c1ccc(C(C)(C)C)cc1. The molecule has 0 spiro atoms. The van der Waals surface area contributed by atoms with Gasteiger partial charge in [0.1, 0.15) is 0 Å². The molecule has 1 unspecified atom stereocenters. The average molecular weight is 381 g/mol. The molecule has 0 amide bonds. The van der Waals surface area contributed by atoms with Crippen molar-refractivity contribution in [1.82, 2.24) is 10.2 Å². The minimum atomic E-state index is -0.296. The van der Waals surface area contributed by atoms with Crippen LogP contribution in [0, 0.1) is 0 Å². The molecule has 27 heavy (non-hydrogen) atoms. The van der Waals surface area contributed by atoms with Gasteiger partial charge in [-0.1, -0.05) is 87.1 Å². The number of Topliss-reactive ketones (excluding diaryl/α,β-unsaturated/α-hetero) is 1. The first-order chi connectivity index (χ1) is 12.8. The molecule has 140 valence electrons. The second kappa shape index (κ2) is 8.09. The number of rotatable bonds is 6. The Morgan fingerprint density at radius 2 is 1.70 bits per heavy atom. The third kappa shape index (κ3) is 5.07. The minimum Gasteiger partial charge on any atom is -0.416 e. The molecule has 1 atom stereocenters. The lowest BCUT2D eigenvalue weighted by Crippen LogP contribution is -2.15. The fourth-order valence-electron chi connectivity index (χ4n) is 2.70. The van der Waals surface area contributed by atoms with E-state index in [9.17, 15) is 4.79 Å². The van der Waals surface area contributed by atoms with Crippen molar-refractivity contribution in [3.05, 3.63) is 77.2 Å². The summed E-state index contributed by atoms with van der Waals surface area (Å²) in [6.45, 7) is 8.34. The van der Waals surface area contributed by atoms with E-state index in [1.807, 2.05) is 61.5 Å². The van der Waals surface area contributed by atoms with Crippen LogP contribution in [0.3, 0.4) is 0 Å². The summed E-state index contributed by atoms with van der Waals surface area (Å²) in [5.41, 5.74) is 3.09. The molecule has 0 saturated heterocycles. The fourth-order valence-corrected chi connectivity index (χ4v) is 3.48. The highest BCUT2D eigenvalue weighted by molar-refractivity contribution is 8.00. The summed E-state index contributed by atoms with van der Waals surface area (Å²) in [6, 6.07) is 17.8. The largest absolute Gasteiger partial charge is 0.416 e. The van der Waals surface area contributed by atoms with Gasteiger partial charge in [-0.2, -0.15) is 0 Å². The number of carbonyl (C=O) groups excluding carboxylic acids is 1. The van der Waals surface area contributed by atoms with Crippen LogP contribution in [0.1, 0.15) is 55.1 Å². The number of thioether (sulfide) groups is 1. The van der Waals surface area contributed by atoms with Crippen LogP contribution in [-0.4, -0.2) is 21.2 Å². The monoisotopic (exact) mass is 380 g/mol. The summed E-state index contributed by atoms with van der Waals surface area (Å²) >= 11 is 1.30. The maximum atomic E-state index is 12.7. The van der Waals surface area contributed by atoms with Crippen molar-refractivity contribution in [2.45, 2.75) is 50.0 Å². The number of ketones is 1. The Labute approximate surface area is 164 Å². The Hall–Kier alpha value is -2.40. The molecule has 0 aliphatic rings. The number of nitrogens with zero attached hydrogens (tertiary/aromatic N) is 2. The van der Waals surface area contributed by atoms with Gasteiger partial charge in [0.15, 0.2) is 5.78 Å². The van der Waals surface area contributed by atoms with Crippen LogP contribution in [0.15, 0.2) is 64.2 Å². The van der Waals surface area contributed by atoms with E-state index in [1.54, 1.807) is 0 Å². The first kappa shape index (κ1) is 19.4. The van der Waals surface area contributed by atoms with Crippen LogP contribution >= 0.6 is 11.8 Å². The highest BCUT2D eigenvalue weighted by atomic mass is 32.2. The molecule has 0 N–H and O–H groups in total. The molecule has 2 aromatic carbocycles. The van der Waals surface area contributed by atoms with E-state index in [2.05, 4.69) is 31.0 Å². The van der Waals surface area contributed by atoms with Gasteiger partial charge in [0, 0.05) is 5.56 Å².